The summed E-state index contributed by atoms with van der Waals surface area (Å²) >= 11 is 0. The maximum Gasteiger partial charge on any atom is 0.125 e. The van der Waals surface area contributed by atoms with Gasteiger partial charge in [0.15, 0.2) is 0 Å². The molecule has 1 saturated heterocycles. The molecule has 2 unspecified atom stereocenters. The van der Waals surface area contributed by atoms with E-state index in [2.05, 4.69) is 11.8 Å². The van der Waals surface area contributed by atoms with Crippen molar-refractivity contribution in [2.75, 3.05) is 13.1 Å². The monoisotopic (exact) mass is 157 g/mol. The van der Waals surface area contributed by atoms with Gasteiger partial charge in [-0.05, 0) is 18.8 Å². The summed E-state index contributed by atoms with van der Waals surface area (Å²) in [7, 11) is 0. The summed E-state index contributed by atoms with van der Waals surface area (Å²) in [5, 5.41) is 0. The molecule has 1 nitrogen and oxygen atoms in total. The highest BCUT2D eigenvalue weighted by Crippen LogP contribution is 2.32. The molecule has 0 aromatic carbocycles. The zero-order valence-corrected chi connectivity index (χ0v) is 7.09. The van der Waals surface area contributed by atoms with Crippen LogP contribution in [0.25, 0.3) is 0 Å². The summed E-state index contributed by atoms with van der Waals surface area (Å²) in [6, 6.07) is 0.710. The first-order valence-electron chi connectivity index (χ1n) is 4.65. The molecule has 1 aliphatic heterocycles. The van der Waals surface area contributed by atoms with Gasteiger partial charge >= 0.3 is 0 Å². The summed E-state index contributed by atoms with van der Waals surface area (Å²) in [6.45, 7) is 3.70. The van der Waals surface area contributed by atoms with Crippen LogP contribution in [-0.2, 0) is 0 Å². The van der Waals surface area contributed by atoms with Crippen LogP contribution in [0.1, 0.15) is 26.2 Å². The van der Waals surface area contributed by atoms with Crippen LogP contribution in [0.4, 0.5) is 4.39 Å². The smallest absolute Gasteiger partial charge is 0.125 e. The Hall–Kier alpha value is -0.110. The second kappa shape index (κ2) is 2.74. The van der Waals surface area contributed by atoms with Crippen LogP contribution in [0, 0.1) is 5.92 Å². The zero-order chi connectivity index (χ0) is 7.84. The summed E-state index contributed by atoms with van der Waals surface area (Å²) in [4.78, 5) is 2.31. The molecule has 0 amide bonds. The molecule has 1 saturated carbocycles. The molecule has 0 aromatic rings. The summed E-state index contributed by atoms with van der Waals surface area (Å²) in [5.41, 5.74) is 0. The molecule has 1 aliphatic carbocycles. The van der Waals surface area contributed by atoms with E-state index in [4.69, 9.17) is 0 Å². The second-order valence-corrected chi connectivity index (χ2v) is 4.03. The summed E-state index contributed by atoms with van der Waals surface area (Å²) < 4.78 is 12.5. The van der Waals surface area contributed by atoms with E-state index in [0.717, 1.165) is 5.92 Å². The van der Waals surface area contributed by atoms with E-state index in [0.29, 0.717) is 19.1 Å². The number of alkyl halides is 1. The van der Waals surface area contributed by atoms with Gasteiger partial charge in [0.05, 0.1) is 0 Å². The Balaban J connectivity index is 1.85. The molecule has 1 heterocycles. The highest BCUT2D eigenvalue weighted by molar-refractivity contribution is 4.90. The second-order valence-electron chi connectivity index (χ2n) is 4.03. The number of hydrogen-bond acceptors (Lipinski definition) is 1. The van der Waals surface area contributed by atoms with Gasteiger partial charge in [0.1, 0.15) is 6.17 Å². The minimum absolute atomic E-state index is 0.525. The molecule has 0 N–H and O–H groups in total. The zero-order valence-electron chi connectivity index (χ0n) is 7.09. The molecule has 2 heteroatoms. The third-order valence-electron chi connectivity index (χ3n) is 3.15. The van der Waals surface area contributed by atoms with E-state index < -0.39 is 6.17 Å². The van der Waals surface area contributed by atoms with E-state index >= 15 is 0 Å². The molecular formula is C9H16FN. The van der Waals surface area contributed by atoms with Crippen molar-refractivity contribution in [3.05, 3.63) is 0 Å². The Kier molecular flexibility index (Phi) is 1.88. The summed E-state index contributed by atoms with van der Waals surface area (Å²) in [6.07, 6.45) is 3.47. The Labute approximate surface area is 67.6 Å². The third-order valence-corrected chi connectivity index (χ3v) is 3.15. The number of likely N-dealkylation sites (tertiary alicyclic amines) is 1. The van der Waals surface area contributed by atoms with Gasteiger partial charge in [-0.2, -0.15) is 0 Å². The van der Waals surface area contributed by atoms with Gasteiger partial charge in [0.25, 0.3) is 0 Å². The fourth-order valence-corrected chi connectivity index (χ4v) is 2.39. The van der Waals surface area contributed by atoms with Crippen LogP contribution in [0.5, 0.6) is 0 Å². The Morgan fingerprint density at radius 3 is 2.45 bits per heavy atom. The molecule has 11 heavy (non-hydrogen) atoms. The topological polar surface area (TPSA) is 3.24 Å². The fraction of sp³-hybridized carbons (Fsp3) is 1.00. The van der Waals surface area contributed by atoms with Gasteiger partial charge in [0.2, 0.25) is 0 Å². The fourth-order valence-electron chi connectivity index (χ4n) is 2.39. The van der Waals surface area contributed by atoms with Crippen molar-refractivity contribution in [1.82, 2.24) is 4.90 Å². The van der Waals surface area contributed by atoms with Gasteiger partial charge < -0.3 is 0 Å². The van der Waals surface area contributed by atoms with Crippen molar-refractivity contribution in [2.45, 2.75) is 38.4 Å². The number of nitrogens with zero attached hydrogens (tertiary/aromatic N) is 1. The maximum atomic E-state index is 12.5. The predicted octanol–water partition coefficient (Wildman–Crippen LogP) is 1.83. The van der Waals surface area contributed by atoms with E-state index in [9.17, 15) is 4.39 Å². The number of hydrogen-bond donors (Lipinski definition) is 0. The van der Waals surface area contributed by atoms with Crippen molar-refractivity contribution in [3.63, 3.8) is 0 Å². The average Bonchev–Trinajstić information content (AvgIpc) is 2.29. The van der Waals surface area contributed by atoms with Crippen molar-refractivity contribution >= 4 is 0 Å². The molecular weight excluding hydrogens is 141 g/mol. The molecule has 2 atom stereocenters. The van der Waals surface area contributed by atoms with Crippen molar-refractivity contribution < 1.29 is 4.39 Å². The highest BCUT2D eigenvalue weighted by atomic mass is 19.1. The van der Waals surface area contributed by atoms with Crippen LogP contribution in [0.3, 0.4) is 0 Å². The largest absolute Gasteiger partial charge is 0.294 e. The van der Waals surface area contributed by atoms with Crippen molar-refractivity contribution in [2.24, 2.45) is 5.92 Å². The number of rotatable bonds is 1. The lowest BCUT2D eigenvalue weighted by atomic mass is 10.0. The lowest BCUT2D eigenvalue weighted by molar-refractivity contribution is 0.0162. The first-order chi connectivity index (χ1) is 5.27. The average molecular weight is 157 g/mol. The number of halogens is 1. The Morgan fingerprint density at radius 2 is 2.00 bits per heavy atom. The molecule has 2 fully saturated rings. The maximum absolute atomic E-state index is 12.5. The van der Waals surface area contributed by atoms with Crippen LogP contribution < -0.4 is 0 Å². The van der Waals surface area contributed by atoms with Crippen LogP contribution in [-0.4, -0.2) is 30.2 Å². The first-order valence-corrected chi connectivity index (χ1v) is 4.65. The molecule has 0 bridgehead atoms. The van der Waals surface area contributed by atoms with Gasteiger partial charge in [-0.3, -0.25) is 4.90 Å². The molecule has 0 spiro atoms. The third kappa shape index (κ3) is 1.28. The normalized spacial score (nSPS) is 40.9. The van der Waals surface area contributed by atoms with Gasteiger partial charge in [0, 0.05) is 19.1 Å². The SMILES string of the molecule is CC1CCCC1N1CC(F)C1. The predicted molar refractivity (Wildman–Crippen MR) is 43.3 cm³/mol. The summed E-state index contributed by atoms with van der Waals surface area (Å²) in [5.74, 6) is 0.808. The minimum atomic E-state index is -0.525. The van der Waals surface area contributed by atoms with E-state index in [1.54, 1.807) is 0 Å². The lowest BCUT2D eigenvalue weighted by Gasteiger charge is -2.41. The van der Waals surface area contributed by atoms with E-state index in [-0.39, 0.29) is 0 Å². The molecule has 2 rings (SSSR count). The van der Waals surface area contributed by atoms with Gasteiger partial charge in [-0.1, -0.05) is 13.3 Å². The molecule has 0 radical (unpaired) electrons. The van der Waals surface area contributed by atoms with E-state index in [1.807, 2.05) is 0 Å². The van der Waals surface area contributed by atoms with Crippen LogP contribution in [0.15, 0.2) is 0 Å². The van der Waals surface area contributed by atoms with Gasteiger partial charge in [-0.25, -0.2) is 4.39 Å². The van der Waals surface area contributed by atoms with E-state index in [1.165, 1.54) is 19.3 Å². The standard InChI is InChI=1S/C9H16FN/c1-7-3-2-4-9(7)11-5-8(10)6-11/h7-9H,2-6H2,1H3. The minimum Gasteiger partial charge on any atom is -0.294 e. The van der Waals surface area contributed by atoms with Crippen molar-refractivity contribution in [3.8, 4) is 0 Å². The van der Waals surface area contributed by atoms with Crippen LogP contribution in [0.2, 0.25) is 0 Å². The Bertz CT molecular complexity index is 142. The first kappa shape index (κ1) is 7.53. The lowest BCUT2D eigenvalue weighted by Crippen LogP contribution is -2.54. The molecule has 64 valence electrons. The Morgan fingerprint density at radius 1 is 1.27 bits per heavy atom. The quantitative estimate of drug-likeness (QED) is 0.561. The molecule has 0 aromatic heterocycles. The van der Waals surface area contributed by atoms with Gasteiger partial charge in [-0.15, -0.1) is 0 Å². The molecule has 2 aliphatic rings. The highest BCUT2D eigenvalue weighted by Gasteiger charge is 2.36. The van der Waals surface area contributed by atoms with Crippen molar-refractivity contribution in [1.29, 1.82) is 0 Å². The van der Waals surface area contributed by atoms with Crippen LogP contribution >= 0.6 is 0 Å².